The van der Waals surface area contributed by atoms with Crippen LogP contribution in [0.1, 0.15) is 5.56 Å². The molecule has 0 atom stereocenters. The van der Waals surface area contributed by atoms with Gasteiger partial charge in [0.15, 0.2) is 11.6 Å². The fourth-order valence-electron chi connectivity index (χ4n) is 2.27. The van der Waals surface area contributed by atoms with Crippen LogP contribution in [0, 0.1) is 5.82 Å². The van der Waals surface area contributed by atoms with Gasteiger partial charge in [0.05, 0.1) is 18.4 Å². The summed E-state index contributed by atoms with van der Waals surface area (Å²) in [6.07, 6.45) is 2.80. The predicted octanol–water partition coefficient (Wildman–Crippen LogP) is 3.46. The van der Waals surface area contributed by atoms with Gasteiger partial charge in [-0.25, -0.2) is 9.37 Å². The van der Waals surface area contributed by atoms with E-state index in [-0.39, 0.29) is 11.1 Å². The molecule has 0 amide bonds. The van der Waals surface area contributed by atoms with Crippen molar-refractivity contribution in [1.82, 2.24) is 9.55 Å². The van der Waals surface area contributed by atoms with Crippen molar-refractivity contribution in [2.45, 2.75) is 6.54 Å². The van der Waals surface area contributed by atoms with E-state index in [0.717, 1.165) is 11.6 Å². The Bertz CT molecular complexity index is 924. The third-order valence-electron chi connectivity index (χ3n) is 3.40. The Labute approximate surface area is 136 Å². The van der Waals surface area contributed by atoms with Crippen molar-refractivity contribution < 1.29 is 9.50 Å². The van der Waals surface area contributed by atoms with E-state index in [0.29, 0.717) is 17.1 Å². The summed E-state index contributed by atoms with van der Waals surface area (Å²) in [4.78, 5) is 16.6. The molecule has 0 saturated heterocycles. The van der Waals surface area contributed by atoms with Crippen LogP contribution in [0.3, 0.4) is 0 Å². The average Bonchev–Trinajstić information content (AvgIpc) is 2.52. The number of nitrogens with zero attached hydrogens (tertiary/aromatic N) is 2. The Morgan fingerprint density at radius 2 is 2.04 bits per heavy atom. The first-order valence-electron chi connectivity index (χ1n) is 6.82. The van der Waals surface area contributed by atoms with Crippen LogP contribution in [0.4, 0.5) is 4.39 Å². The first-order valence-corrected chi connectivity index (χ1v) is 7.20. The highest BCUT2D eigenvalue weighted by Gasteiger charge is 2.10. The van der Waals surface area contributed by atoms with Crippen LogP contribution in [-0.2, 0) is 6.54 Å². The van der Waals surface area contributed by atoms with E-state index >= 15 is 0 Å². The third-order valence-corrected chi connectivity index (χ3v) is 3.64. The Morgan fingerprint density at radius 1 is 1.22 bits per heavy atom. The molecule has 2 aromatic carbocycles. The average molecular weight is 331 g/mol. The minimum atomic E-state index is -0.785. The van der Waals surface area contributed by atoms with Crippen molar-refractivity contribution in [1.29, 1.82) is 0 Å². The standard InChI is InChI=1S/C17H12ClFN2O2/c18-13-3-1-2-11(6-13)9-21-10-20-8-14(17(21)23)12-4-5-16(22)15(19)7-12/h1-8,10,22H,9H2. The number of benzene rings is 2. The largest absolute Gasteiger partial charge is 0.505 e. The minimum absolute atomic E-state index is 0.258. The monoisotopic (exact) mass is 330 g/mol. The van der Waals surface area contributed by atoms with Crippen LogP contribution in [0.5, 0.6) is 5.75 Å². The highest BCUT2D eigenvalue weighted by Crippen LogP contribution is 2.22. The van der Waals surface area contributed by atoms with Gasteiger partial charge in [0.25, 0.3) is 5.56 Å². The quantitative estimate of drug-likeness (QED) is 0.800. The molecule has 1 heterocycles. The molecular formula is C17H12ClFN2O2. The maximum atomic E-state index is 13.5. The van der Waals surface area contributed by atoms with Crippen molar-refractivity contribution in [3.63, 3.8) is 0 Å². The van der Waals surface area contributed by atoms with E-state index in [9.17, 15) is 14.3 Å². The summed E-state index contributed by atoms with van der Waals surface area (Å²) in [6.45, 7) is 0.306. The molecule has 0 spiro atoms. The van der Waals surface area contributed by atoms with Gasteiger partial charge in [0.1, 0.15) is 0 Å². The molecular weight excluding hydrogens is 319 g/mol. The zero-order valence-electron chi connectivity index (χ0n) is 11.9. The molecule has 4 nitrogen and oxygen atoms in total. The lowest BCUT2D eigenvalue weighted by molar-refractivity contribution is 0.432. The van der Waals surface area contributed by atoms with Crippen molar-refractivity contribution in [2.75, 3.05) is 0 Å². The first kappa shape index (κ1) is 15.2. The van der Waals surface area contributed by atoms with Gasteiger partial charge in [-0.05, 0) is 35.4 Å². The number of rotatable bonds is 3. The lowest BCUT2D eigenvalue weighted by Crippen LogP contribution is -2.22. The molecule has 116 valence electrons. The Balaban J connectivity index is 2.01. The Hall–Kier alpha value is -2.66. The van der Waals surface area contributed by atoms with Crippen LogP contribution in [-0.4, -0.2) is 14.7 Å². The molecule has 0 aliphatic heterocycles. The van der Waals surface area contributed by atoms with E-state index in [4.69, 9.17) is 11.6 Å². The third kappa shape index (κ3) is 3.24. The minimum Gasteiger partial charge on any atom is -0.505 e. The normalized spacial score (nSPS) is 10.7. The summed E-state index contributed by atoms with van der Waals surface area (Å²) in [6, 6.07) is 11.0. The summed E-state index contributed by atoms with van der Waals surface area (Å²) in [5.41, 5.74) is 1.17. The zero-order chi connectivity index (χ0) is 16.4. The van der Waals surface area contributed by atoms with Crippen molar-refractivity contribution in [3.8, 4) is 16.9 Å². The van der Waals surface area contributed by atoms with Crippen molar-refractivity contribution in [3.05, 3.63) is 81.7 Å². The first-order chi connectivity index (χ1) is 11.0. The molecule has 6 heteroatoms. The number of halogens is 2. The van der Waals surface area contributed by atoms with Gasteiger partial charge in [-0.1, -0.05) is 29.8 Å². The number of aromatic hydroxyl groups is 1. The molecule has 0 fully saturated rings. The van der Waals surface area contributed by atoms with E-state index in [1.54, 1.807) is 18.2 Å². The summed E-state index contributed by atoms with van der Waals surface area (Å²) < 4.78 is 14.9. The Morgan fingerprint density at radius 3 is 2.78 bits per heavy atom. The molecule has 0 bridgehead atoms. The summed E-state index contributed by atoms with van der Waals surface area (Å²) in [7, 11) is 0. The molecule has 0 unspecified atom stereocenters. The highest BCUT2D eigenvalue weighted by molar-refractivity contribution is 6.30. The van der Waals surface area contributed by atoms with E-state index in [1.807, 2.05) is 6.07 Å². The second-order valence-corrected chi connectivity index (χ2v) is 5.47. The zero-order valence-corrected chi connectivity index (χ0v) is 12.7. The van der Waals surface area contributed by atoms with Gasteiger partial charge in [-0.3, -0.25) is 9.36 Å². The molecule has 23 heavy (non-hydrogen) atoms. The number of hydrogen-bond acceptors (Lipinski definition) is 3. The number of aromatic nitrogens is 2. The fraction of sp³-hybridized carbons (Fsp3) is 0.0588. The van der Waals surface area contributed by atoms with Crippen molar-refractivity contribution >= 4 is 11.6 Å². The van der Waals surface area contributed by atoms with E-state index < -0.39 is 11.6 Å². The lowest BCUT2D eigenvalue weighted by Gasteiger charge is -2.08. The molecule has 3 rings (SSSR count). The van der Waals surface area contributed by atoms with Crippen molar-refractivity contribution in [2.24, 2.45) is 0 Å². The van der Waals surface area contributed by atoms with Gasteiger partial charge in [-0.15, -0.1) is 0 Å². The maximum absolute atomic E-state index is 13.5. The molecule has 0 aliphatic carbocycles. The molecule has 0 radical (unpaired) electrons. The molecule has 3 aromatic rings. The fourth-order valence-corrected chi connectivity index (χ4v) is 2.48. The van der Waals surface area contributed by atoms with E-state index in [2.05, 4.69) is 4.98 Å². The van der Waals surface area contributed by atoms with Crippen LogP contribution in [0.25, 0.3) is 11.1 Å². The summed E-state index contributed by atoms with van der Waals surface area (Å²) in [5.74, 6) is -1.25. The molecule has 0 aliphatic rings. The SMILES string of the molecule is O=c1c(-c2ccc(O)c(F)c2)cncn1Cc1cccc(Cl)c1. The number of phenolic OH excluding ortho intramolecular Hbond substituents is 1. The summed E-state index contributed by atoms with van der Waals surface area (Å²) >= 11 is 5.94. The van der Waals surface area contributed by atoms with Gasteiger partial charge >= 0.3 is 0 Å². The van der Waals surface area contributed by atoms with E-state index in [1.165, 1.54) is 29.2 Å². The second-order valence-electron chi connectivity index (χ2n) is 5.04. The van der Waals surface area contributed by atoms with Gasteiger partial charge in [0, 0.05) is 11.2 Å². The van der Waals surface area contributed by atoms with Gasteiger partial charge in [-0.2, -0.15) is 0 Å². The summed E-state index contributed by atoms with van der Waals surface area (Å²) in [5, 5.41) is 9.83. The van der Waals surface area contributed by atoms with Crippen LogP contribution in [0.2, 0.25) is 5.02 Å². The lowest BCUT2D eigenvalue weighted by atomic mass is 10.1. The Kier molecular flexibility index (Phi) is 4.12. The highest BCUT2D eigenvalue weighted by atomic mass is 35.5. The maximum Gasteiger partial charge on any atom is 0.261 e. The molecule has 0 saturated carbocycles. The molecule has 1 N–H and O–H groups in total. The van der Waals surface area contributed by atoms with Gasteiger partial charge < -0.3 is 5.11 Å². The smallest absolute Gasteiger partial charge is 0.261 e. The second kappa shape index (κ2) is 6.22. The topological polar surface area (TPSA) is 55.1 Å². The van der Waals surface area contributed by atoms with Crippen LogP contribution in [0.15, 0.2) is 59.8 Å². The predicted molar refractivity (Wildman–Crippen MR) is 86.1 cm³/mol. The van der Waals surface area contributed by atoms with Gasteiger partial charge in [0.2, 0.25) is 0 Å². The number of phenols is 1. The van der Waals surface area contributed by atoms with Crippen LogP contribution < -0.4 is 5.56 Å². The van der Waals surface area contributed by atoms with Crippen LogP contribution >= 0.6 is 11.6 Å². The molecule has 1 aromatic heterocycles. The number of hydrogen-bond donors (Lipinski definition) is 1.